The molecule has 0 aromatic rings. The van der Waals surface area contributed by atoms with Gasteiger partial charge in [0.1, 0.15) is 0 Å². The molecule has 2 fully saturated rings. The van der Waals surface area contributed by atoms with Crippen LogP contribution < -0.4 is 5.32 Å². The molecule has 68 valence electrons. The number of hydrogen-bond acceptors (Lipinski definition) is 3. The second kappa shape index (κ2) is 2.73. The van der Waals surface area contributed by atoms with Gasteiger partial charge in [0.25, 0.3) is 0 Å². The summed E-state index contributed by atoms with van der Waals surface area (Å²) < 4.78 is 4.70. The van der Waals surface area contributed by atoms with E-state index in [0.717, 1.165) is 25.9 Å². The molecule has 0 unspecified atom stereocenters. The van der Waals surface area contributed by atoms with Crippen LogP contribution in [0.1, 0.15) is 19.3 Å². The van der Waals surface area contributed by atoms with Crippen molar-refractivity contribution in [2.24, 2.45) is 11.3 Å². The summed E-state index contributed by atoms with van der Waals surface area (Å²) in [6.07, 6.45) is 3.31. The first-order chi connectivity index (χ1) is 5.76. The molecule has 1 heterocycles. The van der Waals surface area contributed by atoms with Gasteiger partial charge >= 0.3 is 5.97 Å². The normalized spacial score (nSPS) is 39.6. The zero-order valence-corrected chi connectivity index (χ0v) is 7.43. The molecule has 0 aromatic carbocycles. The average molecular weight is 169 g/mol. The van der Waals surface area contributed by atoms with Crippen LogP contribution in [0, 0.1) is 11.3 Å². The van der Waals surface area contributed by atoms with Gasteiger partial charge in [-0.25, -0.2) is 0 Å². The lowest BCUT2D eigenvalue weighted by Crippen LogP contribution is -2.42. The highest BCUT2D eigenvalue weighted by molar-refractivity contribution is 5.73. The Bertz CT molecular complexity index is 189. The van der Waals surface area contributed by atoms with E-state index in [1.165, 1.54) is 13.5 Å². The summed E-state index contributed by atoms with van der Waals surface area (Å²) in [7, 11) is 1.47. The largest absolute Gasteiger partial charge is 0.469 e. The van der Waals surface area contributed by atoms with Crippen LogP contribution >= 0.6 is 0 Å². The minimum absolute atomic E-state index is 0.0208. The summed E-state index contributed by atoms with van der Waals surface area (Å²) in [5.74, 6) is 0.169. The van der Waals surface area contributed by atoms with Crippen LogP contribution in [-0.4, -0.2) is 26.2 Å². The standard InChI is InChI=1S/C9H15NO2/c1-12-8(11)7-4-9(5-7)2-3-10-6-9/h7,10H,2-6H2,1H3. The van der Waals surface area contributed by atoms with Gasteiger partial charge < -0.3 is 10.1 Å². The first-order valence-electron chi connectivity index (χ1n) is 4.54. The number of ether oxygens (including phenoxy) is 1. The van der Waals surface area contributed by atoms with E-state index in [-0.39, 0.29) is 11.9 Å². The smallest absolute Gasteiger partial charge is 0.308 e. The fourth-order valence-corrected chi connectivity index (χ4v) is 2.46. The molecular weight excluding hydrogens is 154 g/mol. The summed E-state index contributed by atoms with van der Waals surface area (Å²) in [6.45, 7) is 2.22. The van der Waals surface area contributed by atoms with Gasteiger partial charge in [-0.05, 0) is 31.2 Å². The molecule has 0 bridgehead atoms. The number of carbonyl (C=O) groups is 1. The van der Waals surface area contributed by atoms with Gasteiger partial charge in [-0.2, -0.15) is 0 Å². The lowest BCUT2D eigenvalue weighted by atomic mass is 9.61. The van der Waals surface area contributed by atoms with Crippen LogP contribution in [0.3, 0.4) is 0 Å². The van der Waals surface area contributed by atoms with E-state index in [0.29, 0.717) is 5.41 Å². The minimum Gasteiger partial charge on any atom is -0.469 e. The number of carbonyl (C=O) groups excluding carboxylic acids is 1. The third kappa shape index (κ3) is 1.12. The maximum Gasteiger partial charge on any atom is 0.308 e. The van der Waals surface area contributed by atoms with E-state index < -0.39 is 0 Å². The van der Waals surface area contributed by atoms with Crippen molar-refractivity contribution in [1.82, 2.24) is 5.32 Å². The predicted molar refractivity (Wildman–Crippen MR) is 44.7 cm³/mol. The maximum atomic E-state index is 11.1. The molecule has 0 atom stereocenters. The van der Waals surface area contributed by atoms with E-state index >= 15 is 0 Å². The summed E-state index contributed by atoms with van der Waals surface area (Å²) in [5.41, 5.74) is 0.457. The third-order valence-electron chi connectivity index (χ3n) is 3.23. The van der Waals surface area contributed by atoms with Crippen molar-refractivity contribution in [3.63, 3.8) is 0 Å². The summed E-state index contributed by atoms with van der Waals surface area (Å²) in [5, 5.41) is 3.34. The van der Waals surface area contributed by atoms with Gasteiger partial charge in [0.15, 0.2) is 0 Å². The number of esters is 1. The van der Waals surface area contributed by atoms with Crippen LogP contribution in [0.4, 0.5) is 0 Å². The lowest BCUT2D eigenvalue weighted by molar-refractivity contribution is -0.153. The monoisotopic (exact) mass is 169 g/mol. The van der Waals surface area contributed by atoms with Crippen LogP contribution in [0.5, 0.6) is 0 Å². The van der Waals surface area contributed by atoms with Crippen molar-refractivity contribution in [2.75, 3.05) is 20.2 Å². The van der Waals surface area contributed by atoms with E-state index in [1.54, 1.807) is 0 Å². The fourth-order valence-electron chi connectivity index (χ4n) is 2.46. The lowest BCUT2D eigenvalue weighted by Gasteiger charge is -2.43. The Morgan fingerprint density at radius 1 is 1.58 bits per heavy atom. The quantitative estimate of drug-likeness (QED) is 0.582. The van der Waals surface area contributed by atoms with Crippen LogP contribution in [0.15, 0.2) is 0 Å². The SMILES string of the molecule is COC(=O)C1CC2(CCNC2)C1. The Morgan fingerprint density at radius 3 is 2.83 bits per heavy atom. The second-order valence-electron chi connectivity index (χ2n) is 4.06. The van der Waals surface area contributed by atoms with Crippen LogP contribution in [0.2, 0.25) is 0 Å². The van der Waals surface area contributed by atoms with E-state index in [2.05, 4.69) is 5.32 Å². The van der Waals surface area contributed by atoms with Crippen molar-refractivity contribution in [1.29, 1.82) is 0 Å². The maximum absolute atomic E-state index is 11.1. The molecular formula is C9H15NO2. The number of methoxy groups -OCH3 is 1. The van der Waals surface area contributed by atoms with Crippen LogP contribution in [0.25, 0.3) is 0 Å². The van der Waals surface area contributed by atoms with E-state index in [1.807, 2.05) is 0 Å². The first kappa shape index (κ1) is 8.05. The van der Waals surface area contributed by atoms with Crippen molar-refractivity contribution in [3.8, 4) is 0 Å². The highest BCUT2D eigenvalue weighted by Crippen LogP contribution is 2.49. The number of rotatable bonds is 1. The summed E-state index contributed by atoms with van der Waals surface area (Å²) >= 11 is 0. The predicted octanol–water partition coefficient (Wildman–Crippen LogP) is 0.549. The van der Waals surface area contributed by atoms with Gasteiger partial charge in [-0.3, -0.25) is 4.79 Å². The average Bonchev–Trinajstić information content (AvgIpc) is 2.48. The van der Waals surface area contributed by atoms with Gasteiger partial charge in [-0.1, -0.05) is 0 Å². The molecule has 1 saturated carbocycles. The van der Waals surface area contributed by atoms with Gasteiger partial charge in [0.2, 0.25) is 0 Å². The molecule has 1 aliphatic heterocycles. The molecule has 2 rings (SSSR count). The molecule has 3 heteroatoms. The summed E-state index contributed by atoms with van der Waals surface area (Å²) in [6, 6.07) is 0. The Labute approximate surface area is 72.5 Å². The molecule has 1 aliphatic carbocycles. The second-order valence-corrected chi connectivity index (χ2v) is 4.06. The molecule has 1 saturated heterocycles. The topological polar surface area (TPSA) is 38.3 Å². The third-order valence-corrected chi connectivity index (χ3v) is 3.23. The summed E-state index contributed by atoms with van der Waals surface area (Å²) in [4.78, 5) is 11.1. The Hall–Kier alpha value is -0.570. The van der Waals surface area contributed by atoms with Crippen LogP contribution in [-0.2, 0) is 9.53 Å². The van der Waals surface area contributed by atoms with Crippen molar-refractivity contribution in [3.05, 3.63) is 0 Å². The highest BCUT2D eigenvalue weighted by Gasteiger charge is 2.48. The molecule has 0 radical (unpaired) electrons. The van der Waals surface area contributed by atoms with Gasteiger partial charge in [0, 0.05) is 6.54 Å². The molecule has 0 aromatic heterocycles. The zero-order chi connectivity index (χ0) is 8.60. The number of hydrogen-bond donors (Lipinski definition) is 1. The first-order valence-corrected chi connectivity index (χ1v) is 4.54. The van der Waals surface area contributed by atoms with E-state index in [4.69, 9.17) is 4.74 Å². The minimum atomic E-state index is -0.0208. The molecule has 12 heavy (non-hydrogen) atoms. The molecule has 1 spiro atoms. The van der Waals surface area contributed by atoms with Crippen molar-refractivity contribution >= 4 is 5.97 Å². The fraction of sp³-hybridized carbons (Fsp3) is 0.889. The molecule has 3 nitrogen and oxygen atoms in total. The Morgan fingerprint density at radius 2 is 2.33 bits per heavy atom. The molecule has 1 N–H and O–H groups in total. The Balaban J connectivity index is 1.86. The highest BCUT2D eigenvalue weighted by atomic mass is 16.5. The Kier molecular flexibility index (Phi) is 1.83. The zero-order valence-electron chi connectivity index (χ0n) is 7.43. The van der Waals surface area contributed by atoms with Crippen molar-refractivity contribution < 1.29 is 9.53 Å². The molecule has 2 aliphatic rings. The number of nitrogens with one attached hydrogen (secondary N) is 1. The van der Waals surface area contributed by atoms with E-state index in [9.17, 15) is 4.79 Å². The molecule has 0 amide bonds. The van der Waals surface area contributed by atoms with Gasteiger partial charge in [0.05, 0.1) is 13.0 Å². The van der Waals surface area contributed by atoms with Crippen molar-refractivity contribution in [2.45, 2.75) is 19.3 Å². The van der Waals surface area contributed by atoms with Gasteiger partial charge in [-0.15, -0.1) is 0 Å².